The molecule has 0 saturated carbocycles. The number of anilines is 2. The molecule has 1 aliphatic rings. The Bertz CT molecular complexity index is 1250. The van der Waals surface area contributed by atoms with Gasteiger partial charge in [-0.2, -0.15) is 0 Å². The highest BCUT2D eigenvalue weighted by atomic mass is 32.2. The van der Waals surface area contributed by atoms with E-state index in [1.165, 1.54) is 41.7 Å². The highest BCUT2D eigenvalue weighted by Crippen LogP contribution is 2.32. The molecule has 7 nitrogen and oxygen atoms in total. The summed E-state index contributed by atoms with van der Waals surface area (Å²) in [7, 11) is -2.43. The molecule has 0 atom stereocenters. The van der Waals surface area contributed by atoms with E-state index in [9.17, 15) is 18.0 Å². The van der Waals surface area contributed by atoms with Crippen LogP contribution in [0.25, 0.3) is 0 Å². The van der Waals surface area contributed by atoms with E-state index in [2.05, 4.69) is 10.1 Å². The smallest absolute Gasteiger partial charge is 0.337 e. The molecule has 1 heterocycles. The van der Waals surface area contributed by atoms with Crippen molar-refractivity contribution in [2.75, 3.05) is 23.3 Å². The molecule has 31 heavy (non-hydrogen) atoms. The molecule has 8 heteroatoms. The van der Waals surface area contributed by atoms with Gasteiger partial charge >= 0.3 is 5.97 Å². The zero-order valence-electron chi connectivity index (χ0n) is 16.7. The van der Waals surface area contributed by atoms with Gasteiger partial charge in [0.2, 0.25) is 0 Å². The predicted octanol–water partition coefficient (Wildman–Crippen LogP) is 3.48. The van der Waals surface area contributed by atoms with Crippen molar-refractivity contribution in [2.45, 2.75) is 11.3 Å². The minimum absolute atomic E-state index is 0.148. The normalized spacial score (nSPS) is 12.9. The van der Waals surface area contributed by atoms with Crippen LogP contribution in [0.1, 0.15) is 26.3 Å². The Balaban J connectivity index is 1.51. The molecular formula is C23H20N2O5S. The Morgan fingerprint density at radius 2 is 1.65 bits per heavy atom. The van der Waals surface area contributed by atoms with Crippen LogP contribution in [0.15, 0.2) is 77.7 Å². The average molecular weight is 436 g/mol. The van der Waals surface area contributed by atoms with Crippen LogP contribution in [-0.2, 0) is 21.2 Å². The SMILES string of the molecule is COC(=O)c1cccc(C(=O)Nc2ccc(S(=O)(=O)N3CCc4ccccc43)cc2)c1. The summed E-state index contributed by atoms with van der Waals surface area (Å²) >= 11 is 0. The van der Waals surface area contributed by atoms with Gasteiger partial charge in [0.1, 0.15) is 0 Å². The number of esters is 1. The first-order chi connectivity index (χ1) is 14.9. The number of rotatable bonds is 5. The van der Waals surface area contributed by atoms with Crippen molar-refractivity contribution in [1.82, 2.24) is 0 Å². The average Bonchev–Trinajstić information content (AvgIpc) is 3.24. The number of sulfonamides is 1. The number of carbonyl (C=O) groups is 2. The van der Waals surface area contributed by atoms with Crippen LogP contribution in [0, 0.1) is 0 Å². The molecule has 0 unspecified atom stereocenters. The highest BCUT2D eigenvalue weighted by Gasteiger charge is 2.30. The molecule has 0 fully saturated rings. The predicted molar refractivity (Wildman–Crippen MR) is 117 cm³/mol. The second kappa shape index (κ2) is 8.23. The van der Waals surface area contributed by atoms with E-state index < -0.39 is 21.9 Å². The fourth-order valence-corrected chi connectivity index (χ4v) is 5.01. The van der Waals surface area contributed by atoms with Crippen molar-refractivity contribution in [3.05, 3.63) is 89.5 Å². The third kappa shape index (κ3) is 4.02. The minimum atomic E-state index is -3.70. The van der Waals surface area contributed by atoms with Gasteiger partial charge in [0.25, 0.3) is 15.9 Å². The Morgan fingerprint density at radius 1 is 0.935 bits per heavy atom. The van der Waals surface area contributed by atoms with E-state index in [1.54, 1.807) is 24.3 Å². The number of ether oxygens (including phenoxy) is 1. The lowest BCUT2D eigenvalue weighted by Crippen LogP contribution is -2.29. The lowest BCUT2D eigenvalue weighted by atomic mass is 10.1. The summed E-state index contributed by atoms with van der Waals surface area (Å²) in [6.45, 7) is 0.400. The maximum Gasteiger partial charge on any atom is 0.337 e. The van der Waals surface area contributed by atoms with Crippen molar-refractivity contribution >= 4 is 33.3 Å². The number of benzene rings is 3. The van der Waals surface area contributed by atoms with Crippen LogP contribution < -0.4 is 9.62 Å². The van der Waals surface area contributed by atoms with Gasteiger partial charge in [-0.3, -0.25) is 9.10 Å². The van der Waals surface area contributed by atoms with Crippen LogP contribution in [0.3, 0.4) is 0 Å². The van der Waals surface area contributed by atoms with Gasteiger partial charge in [0.15, 0.2) is 0 Å². The molecule has 1 aliphatic heterocycles. The maximum atomic E-state index is 13.1. The Hall–Kier alpha value is -3.65. The Kier molecular flexibility index (Phi) is 5.48. The van der Waals surface area contributed by atoms with E-state index in [1.807, 2.05) is 18.2 Å². The summed E-state index contributed by atoms with van der Waals surface area (Å²) < 4.78 is 32.2. The number of hydrogen-bond acceptors (Lipinski definition) is 5. The van der Waals surface area contributed by atoms with Gasteiger partial charge in [0.05, 0.1) is 23.3 Å². The van der Waals surface area contributed by atoms with Gasteiger partial charge in [-0.15, -0.1) is 0 Å². The molecule has 3 aromatic rings. The molecule has 3 aromatic carbocycles. The molecule has 1 amide bonds. The van der Waals surface area contributed by atoms with E-state index in [0.717, 1.165) is 5.56 Å². The van der Waals surface area contributed by atoms with Crippen molar-refractivity contribution in [3.63, 3.8) is 0 Å². The number of nitrogens with zero attached hydrogens (tertiary/aromatic N) is 1. The van der Waals surface area contributed by atoms with E-state index in [4.69, 9.17) is 0 Å². The zero-order valence-corrected chi connectivity index (χ0v) is 17.6. The maximum absolute atomic E-state index is 13.1. The Labute approximate surface area is 180 Å². The van der Waals surface area contributed by atoms with Gasteiger partial charge in [-0.1, -0.05) is 24.3 Å². The number of fused-ring (bicyclic) bond motifs is 1. The molecule has 158 valence electrons. The number of para-hydroxylation sites is 1. The van der Waals surface area contributed by atoms with Gasteiger partial charge in [0, 0.05) is 17.8 Å². The lowest BCUT2D eigenvalue weighted by molar-refractivity contribution is 0.0600. The number of nitrogens with one attached hydrogen (secondary N) is 1. The van der Waals surface area contributed by atoms with E-state index in [-0.39, 0.29) is 16.0 Å². The van der Waals surface area contributed by atoms with E-state index in [0.29, 0.717) is 24.3 Å². The summed E-state index contributed by atoms with van der Waals surface area (Å²) in [6, 6.07) is 19.6. The van der Waals surface area contributed by atoms with Gasteiger partial charge in [-0.25, -0.2) is 13.2 Å². The topological polar surface area (TPSA) is 92.8 Å². The number of amides is 1. The molecule has 4 rings (SSSR count). The number of hydrogen-bond donors (Lipinski definition) is 1. The fourth-order valence-electron chi connectivity index (χ4n) is 3.50. The van der Waals surface area contributed by atoms with Crippen molar-refractivity contribution < 1.29 is 22.7 Å². The van der Waals surface area contributed by atoms with Crippen LogP contribution in [-0.4, -0.2) is 33.9 Å². The largest absolute Gasteiger partial charge is 0.465 e. The third-order valence-electron chi connectivity index (χ3n) is 5.09. The molecular weight excluding hydrogens is 416 g/mol. The lowest BCUT2D eigenvalue weighted by Gasteiger charge is -2.19. The third-order valence-corrected chi connectivity index (χ3v) is 6.92. The summed E-state index contributed by atoms with van der Waals surface area (Å²) in [5.41, 5.74) is 2.69. The van der Waals surface area contributed by atoms with Crippen molar-refractivity contribution in [2.24, 2.45) is 0 Å². The molecule has 1 N–H and O–H groups in total. The second-order valence-electron chi connectivity index (χ2n) is 7.01. The molecule has 0 radical (unpaired) electrons. The monoisotopic (exact) mass is 436 g/mol. The van der Waals surface area contributed by atoms with Crippen LogP contribution in [0.5, 0.6) is 0 Å². The summed E-state index contributed by atoms with van der Waals surface area (Å²) in [5, 5.41) is 2.71. The Morgan fingerprint density at radius 3 is 2.39 bits per heavy atom. The second-order valence-corrected chi connectivity index (χ2v) is 8.87. The summed E-state index contributed by atoms with van der Waals surface area (Å²) in [4.78, 5) is 24.3. The van der Waals surface area contributed by atoms with E-state index >= 15 is 0 Å². The highest BCUT2D eigenvalue weighted by molar-refractivity contribution is 7.92. The van der Waals surface area contributed by atoms with Gasteiger partial charge < -0.3 is 10.1 Å². The molecule has 0 saturated heterocycles. The van der Waals surface area contributed by atoms with Crippen LogP contribution in [0.2, 0.25) is 0 Å². The zero-order chi connectivity index (χ0) is 22.0. The first-order valence-electron chi connectivity index (χ1n) is 9.60. The molecule has 0 aromatic heterocycles. The van der Waals surface area contributed by atoms with Gasteiger partial charge in [-0.05, 0) is 60.5 Å². The van der Waals surface area contributed by atoms with Crippen molar-refractivity contribution in [3.8, 4) is 0 Å². The summed E-state index contributed by atoms with van der Waals surface area (Å²) in [5.74, 6) is -0.956. The molecule has 0 aliphatic carbocycles. The van der Waals surface area contributed by atoms with Crippen LogP contribution >= 0.6 is 0 Å². The molecule has 0 bridgehead atoms. The first-order valence-corrected chi connectivity index (χ1v) is 11.0. The number of carbonyl (C=O) groups excluding carboxylic acids is 2. The first kappa shape index (κ1) is 20.6. The standard InChI is InChI=1S/C23H20N2O5S/c1-30-23(27)18-7-4-6-17(15-18)22(26)24-19-9-11-20(12-10-19)31(28,29)25-14-13-16-5-2-3-8-21(16)25/h2-12,15H,13-14H2,1H3,(H,24,26). The quantitative estimate of drug-likeness (QED) is 0.618. The minimum Gasteiger partial charge on any atom is -0.465 e. The fraction of sp³-hybridized carbons (Fsp3) is 0.130. The number of methoxy groups -OCH3 is 1. The molecule has 0 spiro atoms. The summed E-state index contributed by atoms with van der Waals surface area (Å²) in [6.07, 6.45) is 0.675. The van der Waals surface area contributed by atoms with Crippen molar-refractivity contribution in [1.29, 1.82) is 0 Å². The van der Waals surface area contributed by atoms with Crippen LogP contribution in [0.4, 0.5) is 11.4 Å².